The maximum Gasteiger partial charge on any atom is 0.263 e. The van der Waals surface area contributed by atoms with Crippen molar-refractivity contribution < 1.29 is 19.1 Å². The number of carbonyl (C=O) groups is 3. The van der Waals surface area contributed by atoms with Gasteiger partial charge in [0.05, 0.1) is 35.8 Å². The van der Waals surface area contributed by atoms with Crippen molar-refractivity contribution in [2.45, 2.75) is 38.3 Å². The van der Waals surface area contributed by atoms with Crippen LogP contribution >= 0.6 is 0 Å². The molecule has 4 heterocycles. The highest BCUT2D eigenvalue weighted by Crippen LogP contribution is 2.34. The van der Waals surface area contributed by atoms with Crippen LogP contribution in [0.3, 0.4) is 0 Å². The molecule has 5 rings (SSSR count). The summed E-state index contributed by atoms with van der Waals surface area (Å²) in [5, 5.41) is 3.02. The number of hydrogen-bond donors (Lipinski definition) is 1. The smallest absolute Gasteiger partial charge is 0.263 e. The normalized spacial score (nSPS) is 21.0. The Morgan fingerprint density at radius 2 is 2.00 bits per heavy atom. The summed E-state index contributed by atoms with van der Waals surface area (Å²) in [6.45, 7) is 3.60. The number of benzene rings is 1. The van der Waals surface area contributed by atoms with Gasteiger partial charge in [0.1, 0.15) is 0 Å². The highest BCUT2D eigenvalue weighted by atomic mass is 16.5. The molecule has 1 atom stereocenters. The Bertz CT molecular complexity index is 1020. The van der Waals surface area contributed by atoms with Crippen molar-refractivity contribution in [2.24, 2.45) is 5.92 Å². The zero-order chi connectivity index (χ0) is 22.8. The number of hydrogen-bond acceptors (Lipinski definition) is 6. The summed E-state index contributed by atoms with van der Waals surface area (Å²) in [4.78, 5) is 46.2. The van der Waals surface area contributed by atoms with E-state index in [1.54, 1.807) is 18.6 Å². The van der Waals surface area contributed by atoms with E-state index in [9.17, 15) is 14.4 Å². The molecule has 0 radical (unpaired) electrons. The molecule has 1 aromatic carbocycles. The molecule has 2 saturated heterocycles. The van der Waals surface area contributed by atoms with E-state index in [4.69, 9.17) is 4.74 Å². The third kappa shape index (κ3) is 4.37. The largest absolute Gasteiger partial charge is 0.376 e. The third-order valence-electron chi connectivity index (χ3n) is 6.82. The second-order valence-electron chi connectivity index (χ2n) is 8.91. The minimum absolute atomic E-state index is 0.0471. The molecule has 3 amide bonds. The maximum absolute atomic E-state index is 13.2. The number of anilines is 1. The quantitative estimate of drug-likeness (QED) is 0.644. The zero-order valence-corrected chi connectivity index (χ0v) is 18.6. The van der Waals surface area contributed by atoms with Crippen LogP contribution < -0.4 is 10.2 Å². The van der Waals surface area contributed by atoms with Crippen LogP contribution in [0.5, 0.6) is 0 Å². The number of nitrogens with zero attached hydrogens (tertiary/aromatic N) is 4. The van der Waals surface area contributed by atoms with Gasteiger partial charge < -0.3 is 19.5 Å². The predicted octanol–water partition coefficient (Wildman–Crippen LogP) is 1.69. The molecule has 1 N–H and O–H groups in total. The molecule has 2 fully saturated rings. The lowest BCUT2D eigenvalue weighted by Crippen LogP contribution is -2.42. The van der Waals surface area contributed by atoms with E-state index in [1.807, 2.05) is 22.9 Å². The summed E-state index contributed by atoms with van der Waals surface area (Å²) < 4.78 is 7.57. The lowest BCUT2D eigenvalue weighted by atomic mass is 9.94. The summed E-state index contributed by atoms with van der Waals surface area (Å²) >= 11 is 0. The van der Waals surface area contributed by atoms with Gasteiger partial charge in [0.15, 0.2) is 0 Å². The first-order valence-corrected chi connectivity index (χ1v) is 11.7. The third-order valence-corrected chi connectivity index (χ3v) is 6.82. The number of ether oxygens (including phenoxy) is 1. The number of amides is 3. The first-order chi connectivity index (χ1) is 16.1. The van der Waals surface area contributed by atoms with Crippen LogP contribution in [0.25, 0.3) is 0 Å². The van der Waals surface area contributed by atoms with Crippen LogP contribution in [-0.4, -0.2) is 71.1 Å². The first kappa shape index (κ1) is 21.6. The number of fused-ring (bicyclic) bond motifs is 1. The number of nitrogens with one attached hydrogen (secondary N) is 1. The summed E-state index contributed by atoms with van der Waals surface area (Å²) in [5.41, 5.74) is 1.75. The van der Waals surface area contributed by atoms with Gasteiger partial charge in [-0.1, -0.05) is 6.07 Å². The van der Waals surface area contributed by atoms with E-state index in [1.165, 1.54) is 4.90 Å². The first-order valence-electron chi connectivity index (χ1n) is 11.7. The standard InChI is InChI=1S/C24H29N5O4/c30-22(26-9-13-27-12-8-25-16-27)17-6-10-28(11-7-17)20-5-1-4-19-21(20)24(32)29(23(19)31)15-18-3-2-14-33-18/h1,4-5,8,12,16-18H,2-3,6-7,9-11,13-15H2,(H,26,30). The van der Waals surface area contributed by atoms with Crippen LogP contribution in [0.15, 0.2) is 36.9 Å². The van der Waals surface area contributed by atoms with Gasteiger partial charge in [-0.25, -0.2) is 4.98 Å². The fourth-order valence-electron chi connectivity index (χ4n) is 4.99. The van der Waals surface area contributed by atoms with Crippen LogP contribution in [0, 0.1) is 5.92 Å². The van der Waals surface area contributed by atoms with Crippen molar-refractivity contribution in [3.8, 4) is 0 Å². The van der Waals surface area contributed by atoms with Crippen molar-refractivity contribution >= 4 is 23.4 Å². The van der Waals surface area contributed by atoms with Crippen molar-refractivity contribution in [2.75, 3.05) is 37.7 Å². The van der Waals surface area contributed by atoms with E-state index in [0.717, 1.165) is 18.5 Å². The second kappa shape index (κ2) is 9.35. The molecule has 1 aromatic heterocycles. The summed E-state index contributed by atoms with van der Waals surface area (Å²) in [6, 6.07) is 5.48. The van der Waals surface area contributed by atoms with Gasteiger partial charge in [-0.05, 0) is 37.8 Å². The fraction of sp³-hybridized carbons (Fsp3) is 0.500. The second-order valence-corrected chi connectivity index (χ2v) is 8.91. The molecular weight excluding hydrogens is 422 g/mol. The van der Waals surface area contributed by atoms with Crippen LogP contribution in [0.2, 0.25) is 0 Å². The van der Waals surface area contributed by atoms with Crippen LogP contribution in [0.4, 0.5) is 5.69 Å². The molecular formula is C24H29N5O4. The van der Waals surface area contributed by atoms with Crippen molar-refractivity contribution in [3.05, 3.63) is 48.0 Å². The van der Waals surface area contributed by atoms with Gasteiger partial charge in [0.25, 0.3) is 11.8 Å². The average Bonchev–Trinajstić information content (AvgIpc) is 3.59. The van der Waals surface area contributed by atoms with Gasteiger partial charge in [-0.15, -0.1) is 0 Å². The molecule has 9 heteroatoms. The highest BCUT2D eigenvalue weighted by molar-refractivity contribution is 6.23. The molecule has 0 spiro atoms. The maximum atomic E-state index is 13.2. The Morgan fingerprint density at radius 1 is 1.15 bits per heavy atom. The van der Waals surface area contributed by atoms with Crippen molar-refractivity contribution in [1.29, 1.82) is 0 Å². The number of rotatable bonds is 7. The molecule has 3 aliphatic heterocycles. The van der Waals surface area contributed by atoms with E-state index in [0.29, 0.717) is 63.3 Å². The van der Waals surface area contributed by atoms with E-state index in [-0.39, 0.29) is 29.7 Å². The number of carbonyl (C=O) groups excluding carboxylic acids is 3. The average molecular weight is 452 g/mol. The Kier molecular flexibility index (Phi) is 6.13. The van der Waals surface area contributed by atoms with Gasteiger partial charge in [-0.3, -0.25) is 19.3 Å². The number of piperidine rings is 1. The molecule has 3 aliphatic rings. The number of imidazole rings is 1. The Morgan fingerprint density at radius 3 is 2.73 bits per heavy atom. The molecule has 174 valence electrons. The van der Waals surface area contributed by atoms with Gasteiger partial charge >= 0.3 is 0 Å². The Balaban J connectivity index is 1.20. The van der Waals surface area contributed by atoms with E-state index < -0.39 is 0 Å². The Labute approximate surface area is 192 Å². The Hall–Kier alpha value is -3.20. The molecule has 2 aromatic rings. The van der Waals surface area contributed by atoms with Crippen molar-refractivity contribution in [1.82, 2.24) is 19.8 Å². The van der Waals surface area contributed by atoms with Gasteiger partial charge in [-0.2, -0.15) is 0 Å². The van der Waals surface area contributed by atoms with Crippen LogP contribution in [0.1, 0.15) is 46.4 Å². The van der Waals surface area contributed by atoms with Crippen LogP contribution in [-0.2, 0) is 16.1 Å². The van der Waals surface area contributed by atoms with E-state index in [2.05, 4.69) is 15.2 Å². The number of aromatic nitrogens is 2. The zero-order valence-electron chi connectivity index (χ0n) is 18.6. The SMILES string of the molecule is O=C(NCCn1ccnc1)C1CCN(c2cccc3c2C(=O)N(CC2CCCO2)C3=O)CC1. The summed E-state index contributed by atoms with van der Waals surface area (Å²) in [6.07, 6.45) is 8.51. The molecule has 33 heavy (non-hydrogen) atoms. The summed E-state index contributed by atoms with van der Waals surface area (Å²) in [5.74, 6) is -0.448. The molecule has 9 nitrogen and oxygen atoms in total. The van der Waals surface area contributed by atoms with E-state index >= 15 is 0 Å². The lowest BCUT2D eigenvalue weighted by Gasteiger charge is -2.33. The molecule has 0 saturated carbocycles. The lowest BCUT2D eigenvalue weighted by molar-refractivity contribution is -0.125. The minimum atomic E-state index is -0.237. The monoisotopic (exact) mass is 451 g/mol. The fourth-order valence-corrected chi connectivity index (χ4v) is 4.99. The molecule has 0 bridgehead atoms. The topological polar surface area (TPSA) is 96.8 Å². The molecule has 0 aliphatic carbocycles. The minimum Gasteiger partial charge on any atom is -0.376 e. The summed E-state index contributed by atoms with van der Waals surface area (Å²) in [7, 11) is 0. The molecule has 1 unspecified atom stereocenters. The van der Waals surface area contributed by atoms with Crippen molar-refractivity contribution in [3.63, 3.8) is 0 Å². The van der Waals surface area contributed by atoms with Gasteiger partial charge in [0.2, 0.25) is 5.91 Å². The predicted molar refractivity (Wildman–Crippen MR) is 121 cm³/mol. The highest BCUT2D eigenvalue weighted by Gasteiger charge is 2.40. The van der Waals surface area contributed by atoms with Gasteiger partial charge in [0, 0.05) is 51.1 Å². The number of imide groups is 1.